The molecule has 2 aromatic rings. The molecule has 122 valence electrons. The van der Waals surface area contributed by atoms with Gasteiger partial charge in [-0.1, -0.05) is 12.1 Å². The first kappa shape index (κ1) is 15.8. The van der Waals surface area contributed by atoms with Crippen molar-refractivity contribution in [1.82, 2.24) is 15.0 Å². The minimum atomic E-state index is -0.618. The summed E-state index contributed by atoms with van der Waals surface area (Å²) in [6, 6.07) is 9.27. The Balaban J connectivity index is 1.54. The molecule has 0 aliphatic carbocycles. The Morgan fingerprint density at radius 1 is 1.04 bits per heavy atom. The molecule has 1 aliphatic rings. The minimum absolute atomic E-state index is 0.0572. The highest BCUT2D eigenvalue weighted by Crippen LogP contribution is 2.15. The predicted molar refractivity (Wildman–Crippen MR) is 83.0 cm³/mol. The van der Waals surface area contributed by atoms with E-state index in [0.717, 1.165) is 17.0 Å². The molecule has 0 atom stereocenters. The maximum Gasteiger partial charge on any atom is 0.333 e. The molecule has 1 aliphatic heterocycles. The van der Waals surface area contributed by atoms with Gasteiger partial charge in [-0.05, 0) is 30.2 Å². The van der Waals surface area contributed by atoms with Crippen LogP contribution in [0.5, 0.6) is 0 Å². The molecule has 3 rings (SSSR count). The second-order valence-corrected chi connectivity index (χ2v) is 5.31. The fourth-order valence-electron chi connectivity index (χ4n) is 2.29. The van der Waals surface area contributed by atoms with E-state index in [9.17, 15) is 14.4 Å². The molecule has 0 unspecified atom stereocenters. The predicted octanol–water partition coefficient (Wildman–Crippen LogP) is 1.68. The Labute approximate surface area is 138 Å². The number of carbonyl (C=O) groups is 3. The fraction of sp³-hybridized carbons (Fsp3) is 0.235. The summed E-state index contributed by atoms with van der Waals surface area (Å²) in [5.74, 6) is -1.57. The van der Waals surface area contributed by atoms with Crippen molar-refractivity contribution in [2.24, 2.45) is 0 Å². The summed E-state index contributed by atoms with van der Waals surface area (Å²) in [6.07, 6.45) is 4.01. The maximum absolute atomic E-state index is 11.8. The summed E-state index contributed by atoms with van der Waals surface area (Å²) >= 11 is 0. The average Bonchev–Trinajstić information content (AvgIpc) is 2.93. The Kier molecular flexibility index (Phi) is 4.60. The van der Waals surface area contributed by atoms with Crippen LogP contribution >= 0.6 is 0 Å². The lowest BCUT2D eigenvalue weighted by molar-refractivity contribution is -0.197. The van der Waals surface area contributed by atoms with Gasteiger partial charge >= 0.3 is 5.97 Å². The number of rotatable bonds is 5. The maximum atomic E-state index is 11.8. The number of hydrogen-bond donors (Lipinski definition) is 0. The Bertz CT molecular complexity index is 743. The van der Waals surface area contributed by atoms with Crippen LogP contribution in [-0.4, -0.2) is 32.8 Å². The van der Waals surface area contributed by atoms with E-state index >= 15 is 0 Å². The van der Waals surface area contributed by atoms with Gasteiger partial charge in [0.1, 0.15) is 0 Å². The van der Waals surface area contributed by atoms with Crippen LogP contribution in [-0.2, 0) is 25.6 Å². The first-order chi connectivity index (χ1) is 11.6. The smallest absolute Gasteiger partial charge is 0.330 e. The third-order valence-electron chi connectivity index (χ3n) is 3.57. The Morgan fingerprint density at radius 3 is 2.42 bits per heavy atom. The summed E-state index contributed by atoms with van der Waals surface area (Å²) in [7, 11) is 0. The lowest BCUT2D eigenvalue weighted by Gasteiger charge is -2.12. The van der Waals surface area contributed by atoms with Gasteiger partial charge in [0.15, 0.2) is 0 Å². The number of amides is 2. The second kappa shape index (κ2) is 6.99. The molecule has 1 fully saturated rings. The summed E-state index contributed by atoms with van der Waals surface area (Å²) < 4.78 is 0. The summed E-state index contributed by atoms with van der Waals surface area (Å²) in [6.45, 7) is 0. The van der Waals surface area contributed by atoms with Crippen LogP contribution in [0.3, 0.4) is 0 Å². The highest BCUT2D eigenvalue weighted by Gasteiger charge is 2.32. The third kappa shape index (κ3) is 3.62. The molecular formula is C17H15N3O4. The molecule has 2 amide bonds. The molecule has 24 heavy (non-hydrogen) atoms. The number of nitrogens with zero attached hydrogens (tertiary/aromatic N) is 3. The van der Waals surface area contributed by atoms with E-state index in [2.05, 4.69) is 9.97 Å². The number of hydrogen-bond acceptors (Lipinski definition) is 6. The van der Waals surface area contributed by atoms with Gasteiger partial charge in [0.25, 0.3) is 11.8 Å². The zero-order valence-corrected chi connectivity index (χ0v) is 12.8. The number of hydroxylamine groups is 2. The molecule has 0 saturated carbocycles. The van der Waals surface area contributed by atoms with Crippen LogP contribution in [0, 0.1) is 0 Å². The van der Waals surface area contributed by atoms with Crippen molar-refractivity contribution in [1.29, 1.82) is 0 Å². The van der Waals surface area contributed by atoms with Crippen molar-refractivity contribution in [3.05, 3.63) is 48.3 Å². The Hall–Kier alpha value is -3.09. The molecule has 0 spiro atoms. The number of aromatic nitrogens is 2. The fourth-order valence-corrected chi connectivity index (χ4v) is 2.29. The van der Waals surface area contributed by atoms with Crippen LogP contribution < -0.4 is 0 Å². The van der Waals surface area contributed by atoms with E-state index in [4.69, 9.17) is 4.84 Å². The molecular weight excluding hydrogens is 310 g/mol. The molecule has 7 nitrogen and oxygen atoms in total. The van der Waals surface area contributed by atoms with Crippen LogP contribution in [0.4, 0.5) is 0 Å². The van der Waals surface area contributed by atoms with Gasteiger partial charge in [-0.2, -0.15) is 0 Å². The molecule has 7 heteroatoms. The quantitative estimate of drug-likeness (QED) is 0.777. The van der Waals surface area contributed by atoms with Crippen molar-refractivity contribution < 1.29 is 19.2 Å². The Morgan fingerprint density at radius 2 is 1.79 bits per heavy atom. The van der Waals surface area contributed by atoms with Gasteiger partial charge < -0.3 is 4.84 Å². The van der Waals surface area contributed by atoms with Crippen molar-refractivity contribution >= 4 is 17.8 Å². The van der Waals surface area contributed by atoms with Crippen molar-refractivity contribution in [3.63, 3.8) is 0 Å². The van der Waals surface area contributed by atoms with E-state index in [-0.39, 0.29) is 19.3 Å². The van der Waals surface area contributed by atoms with E-state index in [1.54, 1.807) is 12.4 Å². The normalized spacial score (nSPS) is 14.1. The van der Waals surface area contributed by atoms with Crippen molar-refractivity contribution in [2.45, 2.75) is 25.7 Å². The van der Waals surface area contributed by atoms with E-state index < -0.39 is 17.8 Å². The van der Waals surface area contributed by atoms with Gasteiger partial charge in [-0.3, -0.25) is 19.6 Å². The molecule has 1 saturated heterocycles. The largest absolute Gasteiger partial charge is 0.333 e. The lowest BCUT2D eigenvalue weighted by Crippen LogP contribution is -2.32. The van der Waals surface area contributed by atoms with Crippen LogP contribution in [0.1, 0.15) is 24.8 Å². The number of aryl methyl sites for hydroxylation is 1. The zero-order chi connectivity index (χ0) is 16.9. The van der Waals surface area contributed by atoms with E-state index in [1.807, 2.05) is 30.3 Å². The van der Waals surface area contributed by atoms with Gasteiger partial charge in [-0.15, -0.1) is 5.06 Å². The zero-order valence-electron chi connectivity index (χ0n) is 12.8. The van der Waals surface area contributed by atoms with Crippen LogP contribution in [0.2, 0.25) is 0 Å². The van der Waals surface area contributed by atoms with Gasteiger partial charge in [-0.25, -0.2) is 4.79 Å². The van der Waals surface area contributed by atoms with Crippen molar-refractivity contribution in [3.8, 4) is 11.4 Å². The van der Waals surface area contributed by atoms with E-state index in [1.165, 1.54) is 0 Å². The molecule has 3 heterocycles. The minimum Gasteiger partial charge on any atom is -0.330 e. The molecule has 0 N–H and O–H groups in total. The first-order valence-corrected chi connectivity index (χ1v) is 7.56. The lowest BCUT2D eigenvalue weighted by atomic mass is 10.1. The number of imide groups is 1. The summed E-state index contributed by atoms with van der Waals surface area (Å²) in [4.78, 5) is 47.9. The molecule has 0 aromatic carbocycles. The average molecular weight is 325 g/mol. The number of carbonyl (C=O) groups excluding carboxylic acids is 3. The van der Waals surface area contributed by atoms with Gasteiger partial charge in [0, 0.05) is 25.2 Å². The van der Waals surface area contributed by atoms with Crippen molar-refractivity contribution in [2.75, 3.05) is 0 Å². The molecule has 0 radical (unpaired) electrons. The van der Waals surface area contributed by atoms with Gasteiger partial charge in [0.2, 0.25) is 0 Å². The standard InChI is InChI=1S/C17H15N3O4/c21-15-7-8-16(22)20(15)24-17(23)9-5-12-4-6-14(19-11-12)13-3-1-2-10-18-13/h1-4,6,10-11H,5,7-9H2. The molecule has 0 bridgehead atoms. The monoisotopic (exact) mass is 325 g/mol. The molecule has 2 aromatic heterocycles. The summed E-state index contributed by atoms with van der Waals surface area (Å²) in [5, 5.41) is 0.560. The van der Waals surface area contributed by atoms with Gasteiger partial charge in [0.05, 0.1) is 17.8 Å². The SMILES string of the molecule is O=C(CCc1ccc(-c2ccccn2)nc1)ON1C(=O)CCC1=O. The van der Waals surface area contributed by atoms with Crippen LogP contribution in [0.15, 0.2) is 42.7 Å². The second-order valence-electron chi connectivity index (χ2n) is 5.31. The topological polar surface area (TPSA) is 89.5 Å². The van der Waals surface area contributed by atoms with Crippen LogP contribution in [0.25, 0.3) is 11.4 Å². The number of pyridine rings is 2. The van der Waals surface area contributed by atoms with E-state index in [0.29, 0.717) is 11.5 Å². The first-order valence-electron chi connectivity index (χ1n) is 7.56. The third-order valence-corrected chi connectivity index (χ3v) is 3.57. The highest BCUT2D eigenvalue weighted by molar-refractivity contribution is 6.01. The summed E-state index contributed by atoms with van der Waals surface area (Å²) in [5.41, 5.74) is 2.37. The highest BCUT2D eigenvalue weighted by atomic mass is 16.7.